The Morgan fingerprint density at radius 1 is 1.44 bits per heavy atom. The number of halogens is 1. The van der Waals surface area contributed by atoms with Gasteiger partial charge in [0, 0.05) is 18.9 Å². The minimum absolute atomic E-state index is 0.374. The lowest BCUT2D eigenvalue weighted by Crippen LogP contribution is -2.09. The van der Waals surface area contributed by atoms with E-state index in [2.05, 4.69) is 10.1 Å². The third-order valence-corrected chi connectivity index (χ3v) is 2.60. The number of aryl methyl sites for hydroxylation is 1. The molecule has 5 heteroatoms. The molecule has 0 aliphatic heterocycles. The van der Waals surface area contributed by atoms with Crippen LogP contribution in [0.15, 0.2) is 30.6 Å². The lowest BCUT2D eigenvalue weighted by Gasteiger charge is -2.12. The van der Waals surface area contributed by atoms with Crippen LogP contribution in [0.4, 0.5) is 0 Å². The first-order chi connectivity index (χ1) is 7.72. The van der Waals surface area contributed by atoms with Gasteiger partial charge in [-0.1, -0.05) is 11.6 Å². The van der Waals surface area contributed by atoms with Gasteiger partial charge in [-0.25, -0.2) is 4.98 Å². The monoisotopic (exact) mass is 237 g/mol. The van der Waals surface area contributed by atoms with Crippen LogP contribution >= 0.6 is 11.6 Å². The minimum Gasteiger partial charge on any atom is -0.382 e. The predicted octanol–water partition coefficient (Wildman–Crippen LogP) is 2.03. The molecule has 0 fully saturated rings. The number of pyridine rings is 1. The van der Waals surface area contributed by atoms with Gasteiger partial charge in [0.15, 0.2) is 0 Å². The van der Waals surface area contributed by atoms with Crippen LogP contribution in [0.5, 0.6) is 0 Å². The Bertz CT molecular complexity index is 484. The van der Waals surface area contributed by atoms with Gasteiger partial charge < -0.3 is 5.11 Å². The normalized spacial score (nSPS) is 12.7. The lowest BCUT2D eigenvalue weighted by molar-refractivity contribution is 0.208. The van der Waals surface area contributed by atoms with Gasteiger partial charge in [0.1, 0.15) is 11.3 Å². The Hall–Kier alpha value is -1.39. The fourth-order valence-electron chi connectivity index (χ4n) is 1.60. The van der Waals surface area contributed by atoms with E-state index in [9.17, 15) is 5.11 Å². The van der Waals surface area contributed by atoms with Crippen LogP contribution in [0.1, 0.15) is 24.3 Å². The van der Waals surface area contributed by atoms with Gasteiger partial charge in [0.25, 0.3) is 0 Å². The van der Waals surface area contributed by atoms with Crippen molar-refractivity contribution in [1.82, 2.24) is 14.8 Å². The summed E-state index contributed by atoms with van der Waals surface area (Å²) in [6, 6.07) is 5.19. The molecule has 2 rings (SSSR count). The SMILES string of the molecule is CCn1nccc1C(O)c1ccnc(Cl)c1. The first-order valence-corrected chi connectivity index (χ1v) is 5.41. The van der Waals surface area contributed by atoms with E-state index in [1.54, 1.807) is 35.3 Å². The fraction of sp³-hybridized carbons (Fsp3) is 0.273. The summed E-state index contributed by atoms with van der Waals surface area (Å²) in [6.07, 6.45) is 2.53. The maximum Gasteiger partial charge on any atom is 0.129 e. The number of hydrogen-bond donors (Lipinski definition) is 1. The largest absolute Gasteiger partial charge is 0.382 e. The summed E-state index contributed by atoms with van der Waals surface area (Å²) >= 11 is 5.78. The molecule has 0 spiro atoms. The molecule has 0 saturated heterocycles. The highest BCUT2D eigenvalue weighted by Gasteiger charge is 2.14. The first kappa shape index (κ1) is 11.1. The Labute approximate surface area is 98.5 Å². The van der Waals surface area contributed by atoms with Crippen molar-refractivity contribution in [3.8, 4) is 0 Å². The van der Waals surface area contributed by atoms with Gasteiger partial charge in [-0.2, -0.15) is 5.10 Å². The van der Waals surface area contributed by atoms with Crippen molar-refractivity contribution >= 4 is 11.6 Å². The van der Waals surface area contributed by atoms with Crippen molar-refractivity contribution in [2.24, 2.45) is 0 Å². The van der Waals surface area contributed by atoms with Crippen molar-refractivity contribution in [2.75, 3.05) is 0 Å². The minimum atomic E-state index is -0.719. The van der Waals surface area contributed by atoms with E-state index in [0.29, 0.717) is 5.15 Å². The van der Waals surface area contributed by atoms with E-state index >= 15 is 0 Å². The average Bonchev–Trinajstić information content (AvgIpc) is 2.76. The molecular formula is C11H12ClN3O. The second kappa shape index (κ2) is 4.63. The number of hydrogen-bond acceptors (Lipinski definition) is 3. The fourth-order valence-corrected chi connectivity index (χ4v) is 1.78. The summed E-state index contributed by atoms with van der Waals surface area (Å²) in [4.78, 5) is 3.88. The molecule has 1 atom stereocenters. The lowest BCUT2D eigenvalue weighted by atomic mass is 10.1. The molecule has 4 nitrogen and oxygen atoms in total. The smallest absolute Gasteiger partial charge is 0.129 e. The Kier molecular flexibility index (Phi) is 3.22. The topological polar surface area (TPSA) is 50.9 Å². The predicted molar refractivity (Wildman–Crippen MR) is 61.2 cm³/mol. The van der Waals surface area contributed by atoms with Gasteiger partial charge in [-0.3, -0.25) is 4.68 Å². The molecule has 84 valence electrons. The summed E-state index contributed by atoms with van der Waals surface area (Å²) in [7, 11) is 0. The van der Waals surface area contributed by atoms with Crippen LogP contribution in [0.3, 0.4) is 0 Å². The van der Waals surface area contributed by atoms with Crippen molar-refractivity contribution in [2.45, 2.75) is 19.6 Å². The van der Waals surface area contributed by atoms with Crippen LogP contribution in [0, 0.1) is 0 Å². The molecule has 1 N–H and O–H groups in total. The van der Waals surface area contributed by atoms with E-state index in [1.807, 2.05) is 6.92 Å². The first-order valence-electron chi connectivity index (χ1n) is 5.03. The van der Waals surface area contributed by atoms with Crippen molar-refractivity contribution in [3.63, 3.8) is 0 Å². The molecule has 2 heterocycles. The third-order valence-electron chi connectivity index (χ3n) is 2.40. The zero-order valence-electron chi connectivity index (χ0n) is 8.84. The van der Waals surface area contributed by atoms with Crippen molar-refractivity contribution in [3.05, 3.63) is 47.0 Å². The molecule has 0 aliphatic carbocycles. The zero-order chi connectivity index (χ0) is 11.5. The summed E-state index contributed by atoms with van der Waals surface area (Å²) in [6.45, 7) is 2.70. The molecule has 2 aromatic heterocycles. The van der Waals surface area contributed by atoms with Crippen LogP contribution in [-0.4, -0.2) is 19.9 Å². The highest BCUT2D eigenvalue weighted by Crippen LogP contribution is 2.22. The number of aliphatic hydroxyl groups excluding tert-OH is 1. The number of rotatable bonds is 3. The van der Waals surface area contributed by atoms with E-state index in [-0.39, 0.29) is 0 Å². The number of nitrogens with zero attached hydrogens (tertiary/aromatic N) is 3. The molecule has 0 bridgehead atoms. The number of aliphatic hydroxyl groups is 1. The summed E-state index contributed by atoms with van der Waals surface area (Å²) < 4.78 is 1.75. The van der Waals surface area contributed by atoms with Crippen molar-refractivity contribution in [1.29, 1.82) is 0 Å². The van der Waals surface area contributed by atoms with Gasteiger partial charge in [-0.05, 0) is 30.7 Å². The van der Waals surface area contributed by atoms with E-state index in [0.717, 1.165) is 17.8 Å². The average molecular weight is 238 g/mol. The second-order valence-electron chi connectivity index (χ2n) is 3.39. The standard InChI is InChI=1S/C11H12ClN3O/c1-2-15-9(4-6-14-15)11(16)8-3-5-13-10(12)7-8/h3-7,11,16H,2H2,1H3. The van der Waals surface area contributed by atoms with Crippen LogP contribution in [0.25, 0.3) is 0 Å². The zero-order valence-corrected chi connectivity index (χ0v) is 9.59. The van der Waals surface area contributed by atoms with Crippen LogP contribution in [0.2, 0.25) is 5.15 Å². The molecule has 0 aromatic carbocycles. The van der Waals surface area contributed by atoms with Gasteiger partial charge >= 0.3 is 0 Å². The maximum absolute atomic E-state index is 10.2. The van der Waals surface area contributed by atoms with E-state index in [1.165, 1.54) is 0 Å². The molecule has 2 aromatic rings. The van der Waals surface area contributed by atoms with Crippen LogP contribution in [-0.2, 0) is 6.54 Å². The molecule has 1 unspecified atom stereocenters. The summed E-state index contributed by atoms with van der Waals surface area (Å²) in [5.41, 5.74) is 1.47. The second-order valence-corrected chi connectivity index (χ2v) is 3.77. The van der Waals surface area contributed by atoms with Gasteiger partial charge in [0.2, 0.25) is 0 Å². The Morgan fingerprint density at radius 3 is 2.94 bits per heavy atom. The molecule has 0 saturated carbocycles. The molecule has 16 heavy (non-hydrogen) atoms. The van der Waals surface area contributed by atoms with Gasteiger partial charge in [0.05, 0.1) is 5.69 Å². The van der Waals surface area contributed by atoms with Crippen LogP contribution < -0.4 is 0 Å². The Morgan fingerprint density at radius 2 is 2.25 bits per heavy atom. The quantitative estimate of drug-likeness (QED) is 0.832. The molecule has 0 amide bonds. The third kappa shape index (κ3) is 2.08. The van der Waals surface area contributed by atoms with Crippen molar-refractivity contribution < 1.29 is 5.11 Å². The van der Waals surface area contributed by atoms with E-state index in [4.69, 9.17) is 11.6 Å². The maximum atomic E-state index is 10.2. The highest BCUT2D eigenvalue weighted by molar-refractivity contribution is 6.29. The molecule has 0 aliphatic rings. The highest BCUT2D eigenvalue weighted by atomic mass is 35.5. The number of aromatic nitrogens is 3. The molecular weight excluding hydrogens is 226 g/mol. The Balaban J connectivity index is 2.35. The summed E-state index contributed by atoms with van der Waals surface area (Å²) in [5, 5.41) is 14.7. The van der Waals surface area contributed by atoms with E-state index < -0.39 is 6.10 Å². The molecule has 0 radical (unpaired) electrons. The summed E-state index contributed by atoms with van der Waals surface area (Å²) in [5.74, 6) is 0. The van der Waals surface area contributed by atoms with Gasteiger partial charge in [-0.15, -0.1) is 0 Å².